The number of aromatic nitrogens is 3. The minimum Gasteiger partial charge on any atom is -0.464 e. The van der Waals surface area contributed by atoms with Crippen LogP contribution in [0.5, 0.6) is 0 Å². The molecule has 0 amide bonds. The first-order valence-electron chi connectivity index (χ1n) is 9.49. The summed E-state index contributed by atoms with van der Waals surface area (Å²) in [7, 11) is 0. The van der Waals surface area contributed by atoms with Gasteiger partial charge < -0.3 is 8.98 Å². The molecule has 4 nitrogen and oxygen atoms in total. The van der Waals surface area contributed by atoms with Gasteiger partial charge in [0, 0.05) is 16.2 Å². The molecule has 6 rings (SSSR count). The molecule has 0 aliphatic heterocycles. The van der Waals surface area contributed by atoms with Gasteiger partial charge in [0.2, 0.25) is 0 Å². The Balaban J connectivity index is 1.71. The molecule has 0 fully saturated rings. The molecule has 3 aromatic heterocycles. The van der Waals surface area contributed by atoms with E-state index >= 15 is 0 Å². The number of furan rings is 1. The summed E-state index contributed by atoms with van der Waals surface area (Å²) >= 11 is 0. The molecule has 0 saturated heterocycles. The number of fused-ring (bicyclic) bond motifs is 5. The third kappa shape index (κ3) is 2.18. The van der Waals surface area contributed by atoms with Gasteiger partial charge in [0.05, 0.1) is 34.9 Å². The number of allylic oxidation sites excluding steroid dienone is 4. The first-order valence-corrected chi connectivity index (χ1v) is 9.49. The van der Waals surface area contributed by atoms with Crippen LogP contribution in [-0.4, -0.2) is 14.8 Å². The predicted octanol–water partition coefficient (Wildman–Crippen LogP) is 6.05. The molecule has 1 aliphatic rings. The molecular weight excluding hydrogens is 346 g/mol. The Morgan fingerprint density at radius 2 is 1.93 bits per heavy atom. The van der Waals surface area contributed by atoms with Gasteiger partial charge in [-0.1, -0.05) is 36.4 Å². The topological polar surface area (TPSA) is 43.9 Å². The lowest BCUT2D eigenvalue weighted by molar-refractivity contribution is 0.616. The highest BCUT2D eigenvalue weighted by molar-refractivity contribution is 6.17. The minimum absolute atomic E-state index is 0.888. The van der Waals surface area contributed by atoms with Crippen molar-refractivity contribution in [2.45, 2.75) is 12.8 Å². The van der Waals surface area contributed by atoms with Crippen LogP contribution < -0.4 is 0 Å². The lowest BCUT2D eigenvalue weighted by atomic mass is 10.0. The van der Waals surface area contributed by atoms with E-state index in [0.717, 1.165) is 46.2 Å². The maximum atomic E-state index is 5.67. The van der Waals surface area contributed by atoms with Gasteiger partial charge in [0.15, 0.2) is 0 Å². The summed E-state index contributed by atoms with van der Waals surface area (Å²) in [4.78, 5) is 0. The Morgan fingerprint density at radius 1 is 0.964 bits per heavy atom. The highest BCUT2D eigenvalue weighted by Gasteiger charge is 2.17. The fraction of sp³-hybridized carbons (Fsp3) is 0.0833. The van der Waals surface area contributed by atoms with Crippen LogP contribution in [0.1, 0.15) is 18.5 Å². The number of nitrogens with zero attached hydrogens (tertiary/aromatic N) is 3. The van der Waals surface area contributed by atoms with Crippen molar-refractivity contribution in [1.29, 1.82) is 0 Å². The Hall–Kier alpha value is -3.66. The van der Waals surface area contributed by atoms with Crippen molar-refractivity contribution in [2.75, 3.05) is 0 Å². The van der Waals surface area contributed by atoms with Crippen LogP contribution in [0.4, 0.5) is 0 Å². The molecule has 134 valence electrons. The zero-order chi connectivity index (χ0) is 18.5. The number of hydrogen-bond donors (Lipinski definition) is 0. The van der Waals surface area contributed by atoms with E-state index in [9.17, 15) is 0 Å². The van der Waals surface area contributed by atoms with Gasteiger partial charge in [0.25, 0.3) is 0 Å². The SMILES string of the molecule is C1=CCCC(c2cc(-n3c4ccccc4c4ccc5occc5c43)cnn2)=C1. The highest BCUT2D eigenvalue weighted by atomic mass is 16.3. The van der Waals surface area contributed by atoms with Gasteiger partial charge in [-0.05, 0) is 48.7 Å². The third-order valence-corrected chi connectivity index (χ3v) is 5.51. The van der Waals surface area contributed by atoms with Gasteiger partial charge >= 0.3 is 0 Å². The maximum Gasteiger partial charge on any atom is 0.136 e. The zero-order valence-electron chi connectivity index (χ0n) is 15.2. The first kappa shape index (κ1) is 15.4. The summed E-state index contributed by atoms with van der Waals surface area (Å²) in [6.45, 7) is 0. The fourth-order valence-electron chi connectivity index (χ4n) is 4.22. The standard InChI is InChI=1S/C24H17N3O/c1-2-6-16(7-3-1)21-14-17(15-25-26-21)27-22-9-5-4-8-18(22)19-10-11-23-20(24(19)27)12-13-28-23/h1-2,4-6,8-15H,3,7H2. The fourth-order valence-corrected chi connectivity index (χ4v) is 4.22. The number of rotatable bonds is 2. The summed E-state index contributed by atoms with van der Waals surface area (Å²) in [5, 5.41) is 12.3. The maximum absolute atomic E-state index is 5.67. The van der Waals surface area contributed by atoms with Gasteiger partial charge in [-0.15, -0.1) is 0 Å². The Morgan fingerprint density at radius 3 is 2.86 bits per heavy atom. The average molecular weight is 363 g/mol. The van der Waals surface area contributed by atoms with E-state index in [1.165, 1.54) is 16.3 Å². The monoisotopic (exact) mass is 363 g/mol. The van der Waals surface area contributed by atoms with Crippen LogP contribution in [0.2, 0.25) is 0 Å². The summed E-state index contributed by atoms with van der Waals surface area (Å²) in [6.07, 6.45) is 12.1. The molecule has 5 aromatic rings. The molecule has 0 unspecified atom stereocenters. The number of para-hydroxylation sites is 1. The van der Waals surface area contributed by atoms with Crippen molar-refractivity contribution in [1.82, 2.24) is 14.8 Å². The second kappa shape index (κ2) is 5.92. The molecule has 1 aliphatic carbocycles. The lowest BCUT2D eigenvalue weighted by Gasteiger charge is -2.11. The predicted molar refractivity (Wildman–Crippen MR) is 112 cm³/mol. The molecule has 3 heterocycles. The quantitative estimate of drug-likeness (QED) is 0.383. The van der Waals surface area contributed by atoms with Gasteiger partial charge in [-0.3, -0.25) is 0 Å². The average Bonchev–Trinajstić information content (AvgIpc) is 3.37. The Labute approximate surface area is 161 Å². The third-order valence-electron chi connectivity index (χ3n) is 5.51. The molecule has 28 heavy (non-hydrogen) atoms. The molecule has 4 heteroatoms. The van der Waals surface area contributed by atoms with Crippen molar-refractivity contribution >= 4 is 38.3 Å². The normalized spacial score (nSPS) is 14.2. The van der Waals surface area contributed by atoms with Crippen molar-refractivity contribution < 1.29 is 4.42 Å². The van der Waals surface area contributed by atoms with Crippen LogP contribution in [0.3, 0.4) is 0 Å². The molecule has 0 saturated carbocycles. The zero-order valence-corrected chi connectivity index (χ0v) is 15.2. The van der Waals surface area contributed by atoms with E-state index in [0.29, 0.717) is 0 Å². The van der Waals surface area contributed by atoms with Crippen molar-refractivity contribution in [3.05, 3.63) is 84.9 Å². The van der Waals surface area contributed by atoms with Gasteiger partial charge in [-0.2, -0.15) is 10.2 Å². The van der Waals surface area contributed by atoms with Crippen LogP contribution >= 0.6 is 0 Å². The summed E-state index contributed by atoms with van der Waals surface area (Å²) in [5.41, 5.74) is 6.36. The Kier molecular flexibility index (Phi) is 3.26. The first-order chi connectivity index (χ1) is 13.9. The van der Waals surface area contributed by atoms with E-state index in [1.807, 2.05) is 18.3 Å². The van der Waals surface area contributed by atoms with Crippen LogP contribution in [0.15, 0.2) is 83.6 Å². The van der Waals surface area contributed by atoms with Crippen LogP contribution in [0, 0.1) is 0 Å². The molecular formula is C24H17N3O. The second-order valence-corrected chi connectivity index (χ2v) is 7.10. The number of hydrogen-bond acceptors (Lipinski definition) is 3. The summed E-state index contributed by atoms with van der Waals surface area (Å²) < 4.78 is 7.95. The van der Waals surface area contributed by atoms with E-state index in [4.69, 9.17) is 4.42 Å². The smallest absolute Gasteiger partial charge is 0.136 e. The molecule has 0 atom stereocenters. The number of benzene rings is 2. The van der Waals surface area contributed by atoms with Crippen molar-refractivity contribution in [3.63, 3.8) is 0 Å². The molecule has 0 bridgehead atoms. The van der Waals surface area contributed by atoms with E-state index in [-0.39, 0.29) is 0 Å². The highest BCUT2D eigenvalue weighted by Crippen LogP contribution is 2.37. The van der Waals surface area contributed by atoms with Gasteiger partial charge in [-0.25, -0.2) is 0 Å². The summed E-state index contributed by atoms with van der Waals surface area (Å²) in [6, 6.07) is 16.9. The largest absolute Gasteiger partial charge is 0.464 e. The Bertz CT molecular complexity index is 1420. The van der Waals surface area contributed by atoms with E-state index < -0.39 is 0 Å². The molecule has 0 spiro atoms. The molecule has 0 N–H and O–H groups in total. The van der Waals surface area contributed by atoms with Gasteiger partial charge in [0.1, 0.15) is 5.58 Å². The lowest BCUT2D eigenvalue weighted by Crippen LogP contribution is -2.00. The van der Waals surface area contributed by atoms with Crippen LogP contribution in [-0.2, 0) is 0 Å². The molecule has 2 aromatic carbocycles. The van der Waals surface area contributed by atoms with Crippen LogP contribution in [0.25, 0.3) is 44.0 Å². The second-order valence-electron chi connectivity index (χ2n) is 7.10. The summed E-state index contributed by atoms with van der Waals surface area (Å²) in [5.74, 6) is 0. The van der Waals surface area contributed by atoms with E-state index in [1.54, 1.807) is 6.26 Å². The minimum atomic E-state index is 0.888. The van der Waals surface area contributed by atoms with Crippen molar-refractivity contribution in [3.8, 4) is 5.69 Å². The van der Waals surface area contributed by atoms with E-state index in [2.05, 4.69) is 69.4 Å². The molecule has 0 radical (unpaired) electrons. The van der Waals surface area contributed by atoms with Crippen molar-refractivity contribution in [2.24, 2.45) is 0 Å².